The predicted octanol–water partition coefficient (Wildman–Crippen LogP) is 7.03. The number of benzene rings is 3. The summed E-state index contributed by atoms with van der Waals surface area (Å²) < 4.78 is 30.7. The van der Waals surface area contributed by atoms with Crippen LogP contribution in [0.5, 0.6) is 17.2 Å². The number of methoxy groups -OCH3 is 1. The summed E-state index contributed by atoms with van der Waals surface area (Å²) in [5, 5.41) is 0. The Kier molecular flexibility index (Phi) is 7.63. The molecular weight excluding hydrogens is 379 g/mol. The summed E-state index contributed by atoms with van der Waals surface area (Å²) in [5.41, 5.74) is 4.55. The molecule has 3 rings (SSSR count). The average molecular weight is 406 g/mol. The molecule has 0 saturated carbocycles. The number of para-hydroxylation sites is 1. The van der Waals surface area contributed by atoms with E-state index in [9.17, 15) is 4.39 Å². The van der Waals surface area contributed by atoms with E-state index in [0.717, 1.165) is 17.7 Å². The van der Waals surface area contributed by atoms with Crippen LogP contribution in [0.2, 0.25) is 0 Å². The first kappa shape index (κ1) is 21.6. The van der Waals surface area contributed by atoms with E-state index >= 15 is 0 Å². The van der Waals surface area contributed by atoms with Gasteiger partial charge in [0.1, 0.15) is 11.5 Å². The van der Waals surface area contributed by atoms with Crippen molar-refractivity contribution in [2.45, 2.75) is 26.9 Å². The molecular formula is C26H27FO3. The quantitative estimate of drug-likeness (QED) is 0.357. The molecule has 0 spiro atoms. The Hall–Kier alpha value is -3.11. The number of halogens is 1. The van der Waals surface area contributed by atoms with Crippen molar-refractivity contribution >= 4 is 5.57 Å². The van der Waals surface area contributed by atoms with Gasteiger partial charge in [0.05, 0.1) is 20.3 Å². The van der Waals surface area contributed by atoms with E-state index in [1.807, 2.05) is 30.3 Å². The molecule has 0 fully saturated rings. The molecule has 0 N–H and O–H groups in total. The number of rotatable bonds is 9. The van der Waals surface area contributed by atoms with Crippen LogP contribution >= 0.6 is 0 Å². The van der Waals surface area contributed by atoms with Crippen molar-refractivity contribution in [3.63, 3.8) is 0 Å². The molecule has 0 atom stereocenters. The minimum atomic E-state index is -0.392. The highest BCUT2D eigenvalue weighted by atomic mass is 19.1. The Bertz CT molecular complexity index is 979. The van der Waals surface area contributed by atoms with Crippen molar-refractivity contribution < 1.29 is 18.6 Å². The molecule has 3 aromatic carbocycles. The molecule has 0 aromatic heterocycles. The maximum atomic E-state index is 14.1. The molecule has 30 heavy (non-hydrogen) atoms. The lowest BCUT2D eigenvalue weighted by Gasteiger charge is -2.11. The van der Waals surface area contributed by atoms with Gasteiger partial charge in [-0.15, -0.1) is 0 Å². The minimum Gasteiger partial charge on any atom is -0.497 e. The third-order valence-electron chi connectivity index (χ3n) is 5.02. The Morgan fingerprint density at radius 3 is 2.30 bits per heavy atom. The summed E-state index contributed by atoms with van der Waals surface area (Å²) in [7, 11) is 1.66. The molecule has 0 radical (unpaired) electrons. The van der Waals surface area contributed by atoms with E-state index in [-0.39, 0.29) is 5.75 Å². The molecule has 0 aliphatic rings. The molecule has 0 amide bonds. The van der Waals surface area contributed by atoms with E-state index in [0.29, 0.717) is 19.0 Å². The number of hydrogen-bond donors (Lipinski definition) is 0. The van der Waals surface area contributed by atoms with Crippen LogP contribution in [0.3, 0.4) is 0 Å². The molecule has 0 aliphatic carbocycles. The lowest BCUT2D eigenvalue weighted by Crippen LogP contribution is -1.98. The van der Waals surface area contributed by atoms with Crippen LogP contribution in [0.15, 0.2) is 78.4 Å². The smallest absolute Gasteiger partial charge is 0.165 e. The summed E-state index contributed by atoms with van der Waals surface area (Å²) in [6.45, 7) is 5.23. The van der Waals surface area contributed by atoms with E-state index < -0.39 is 5.82 Å². The summed E-state index contributed by atoms with van der Waals surface area (Å²) in [6, 6.07) is 22.1. The molecule has 4 heteroatoms. The van der Waals surface area contributed by atoms with Crippen LogP contribution in [-0.2, 0) is 11.3 Å². The van der Waals surface area contributed by atoms with Crippen molar-refractivity contribution in [1.82, 2.24) is 0 Å². The van der Waals surface area contributed by atoms with Gasteiger partial charge in [0.15, 0.2) is 11.6 Å². The maximum Gasteiger partial charge on any atom is 0.165 e. The van der Waals surface area contributed by atoms with Gasteiger partial charge in [-0.3, -0.25) is 0 Å². The van der Waals surface area contributed by atoms with Gasteiger partial charge < -0.3 is 14.2 Å². The topological polar surface area (TPSA) is 27.7 Å². The fourth-order valence-corrected chi connectivity index (χ4v) is 3.02. The maximum absolute atomic E-state index is 14.1. The Balaban J connectivity index is 1.54. The highest BCUT2D eigenvalue weighted by Crippen LogP contribution is 2.26. The van der Waals surface area contributed by atoms with Gasteiger partial charge in [0, 0.05) is 0 Å². The standard InChI is InChI=1S/C26H27FO3/c1-19(20(2)22-10-12-23(28-3)13-11-22)15-16-29-18-21-9-14-25(27)26(17-21)30-24-7-5-4-6-8-24/h4-14,17H,15-16,18H2,1-3H3. The molecule has 0 unspecified atom stereocenters. The average Bonchev–Trinajstić information content (AvgIpc) is 2.79. The monoisotopic (exact) mass is 406 g/mol. The Morgan fingerprint density at radius 2 is 1.60 bits per heavy atom. The fourth-order valence-electron chi connectivity index (χ4n) is 3.02. The van der Waals surface area contributed by atoms with E-state index in [4.69, 9.17) is 14.2 Å². The van der Waals surface area contributed by atoms with Crippen LogP contribution in [0, 0.1) is 5.82 Å². The number of allylic oxidation sites excluding steroid dienone is 1. The van der Waals surface area contributed by atoms with E-state index in [2.05, 4.69) is 26.0 Å². The van der Waals surface area contributed by atoms with Crippen LogP contribution in [0.1, 0.15) is 31.4 Å². The first-order chi connectivity index (χ1) is 14.6. The zero-order chi connectivity index (χ0) is 21.3. The largest absolute Gasteiger partial charge is 0.497 e. The van der Waals surface area contributed by atoms with Gasteiger partial charge in [-0.05, 0) is 73.4 Å². The van der Waals surface area contributed by atoms with Gasteiger partial charge in [-0.2, -0.15) is 0 Å². The van der Waals surface area contributed by atoms with Crippen molar-refractivity contribution in [2.24, 2.45) is 0 Å². The highest BCUT2D eigenvalue weighted by molar-refractivity contribution is 5.67. The van der Waals surface area contributed by atoms with Gasteiger partial charge in [0.25, 0.3) is 0 Å². The molecule has 0 aliphatic heterocycles. The van der Waals surface area contributed by atoms with Crippen molar-refractivity contribution in [3.05, 3.63) is 95.3 Å². The molecule has 3 nitrogen and oxygen atoms in total. The van der Waals surface area contributed by atoms with Crippen LogP contribution in [0.25, 0.3) is 5.57 Å². The van der Waals surface area contributed by atoms with Crippen molar-refractivity contribution in [3.8, 4) is 17.2 Å². The predicted molar refractivity (Wildman–Crippen MR) is 118 cm³/mol. The molecule has 0 bridgehead atoms. The highest BCUT2D eigenvalue weighted by Gasteiger charge is 2.07. The first-order valence-corrected chi connectivity index (χ1v) is 9.96. The minimum absolute atomic E-state index is 0.203. The second-order valence-corrected chi connectivity index (χ2v) is 7.12. The zero-order valence-electron chi connectivity index (χ0n) is 17.7. The zero-order valence-corrected chi connectivity index (χ0v) is 17.7. The number of ether oxygens (including phenoxy) is 3. The van der Waals surface area contributed by atoms with Crippen molar-refractivity contribution in [1.29, 1.82) is 0 Å². The van der Waals surface area contributed by atoms with Crippen LogP contribution in [-0.4, -0.2) is 13.7 Å². The molecule has 3 aromatic rings. The first-order valence-electron chi connectivity index (χ1n) is 9.96. The summed E-state index contributed by atoms with van der Waals surface area (Å²) in [4.78, 5) is 0. The summed E-state index contributed by atoms with van der Waals surface area (Å²) in [6.07, 6.45) is 0.826. The molecule has 0 saturated heterocycles. The second-order valence-electron chi connectivity index (χ2n) is 7.12. The van der Waals surface area contributed by atoms with Gasteiger partial charge in [-0.25, -0.2) is 4.39 Å². The van der Waals surface area contributed by atoms with E-state index in [1.165, 1.54) is 22.8 Å². The third kappa shape index (κ3) is 5.94. The summed E-state index contributed by atoms with van der Waals surface area (Å²) in [5.74, 6) is 1.26. The van der Waals surface area contributed by atoms with Gasteiger partial charge >= 0.3 is 0 Å². The van der Waals surface area contributed by atoms with Crippen LogP contribution < -0.4 is 9.47 Å². The van der Waals surface area contributed by atoms with Crippen molar-refractivity contribution in [2.75, 3.05) is 13.7 Å². The Morgan fingerprint density at radius 1 is 0.867 bits per heavy atom. The third-order valence-corrected chi connectivity index (χ3v) is 5.02. The SMILES string of the molecule is COc1ccc(C(C)=C(C)CCOCc2ccc(F)c(Oc3ccccc3)c2)cc1. The lowest BCUT2D eigenvalue weighted by molar-refractivity contribution is 0.123. The fraction of sp³-hybridized carbons (Fsp3) is 0.231. The Labute approximate surface area is 177 Å². The normalized spacial score (nSPS) is 11.7. The summed E-state index contributed by atoms with van der Waals surface area (Å²) >= 11 is 0. The second kappa shape index (κ2) is 10.6. The van der Waals surface area contributed by atoms with Gasteiger partial charge in [-0.1, -0.05) is 42.0 Å². The van der Waals surface area contributed by atoms with Gasteiger partial charge in [0.2, 0.25) is 0 Å². The lowest BCUT2D eigenvalue weighted by atomic mass is 10.0. The van der Waals surface area contributed by atoms with E-state index in [1.54, 1.807) is 31.4 Å². The molecule has 156 valence electrons. The number of hydrogen-bond acceptors (Lipinski definition) is 3. The van der Waals surface area contributed by atoms with Crippen LogP contribution in [0.4, 0.5) is 4.39 Å². The molecule has 0 heterocycles.